The van der Waals surface area contributed by atoms with Gasteiger partial charge in [-0.1, -0.05) is 0 Å². The van der Waals surface area contributed by atoms with Crippen molar-refractivity contribution in [3.8, 4) is 0 Å². The van der Waals surface area contributed by atoms with Crippen LogP contribution in [0, 0.1) is 0 Å². The zero-order chi connectivity index (χ0) is 9.41. The molecule has 0 spiro atoms. The molecule has 1 aliphatic rings. The number of hydrogen-bond acceptors (Lipinski definition) is 2. The highest BCUT2D eigenvalue weighted by atomic mass is 16.5. The summed E-state index contributed by atoms with van der Waals surface area (Å²) in [6.45, 7) is 9.46. The van der Waals surface area contributed by atoms with Gasteiger partial charge in [-0.2, -0.15) is 0 Å². The molecule has 0 saturated carbocycles. The van der Waals surface area contributed by atoms with Gasteiger partial charge < -0.3 is 9.64 Å². The largest absolute Gasteiger partial charge is 0.376 e. The van der Waals surface area contributed by atoms with E-state index < -0.39 is 0 Å². The number of nitrogens with zero attached hydrogens (tertiary/aromatic N) is 1. The number of carbonyl (C=O) groups is 1. The molecule has 1 heterocycles. The van der Waals surface area contributed by atoms with E-state index in [4.69, 9.17) is 4.74 Å². The highest BCUT2D eigenvalue weighted by Crippen LogP contribution is 2.29. The number of ether oxygens (including phenoxy) is 1. The van der Waals surface area contributed by atoms with E-state index in [1.165, 1.54) is 0 Å². The Morgan fingerprint density at radius 2 is 1.92 bits per heavy atom. The molecule has 1 fully saturated rings. The lowest BCUT2D eigenvalue weighted by Crippen LogP contribution is -2.64. The Hall–Kier alpha value is -0.570. The Morgan fingerprint density at radius 1 is 1.42 bits per heavy atom. The normalized spacial score (nSPS) is 21.3. The van der Waals surface area contributed by atoms with E-state index in [0.717, 1.165) is 6.41 Å². The van der Waals surface area contributed by atoms with Crippen LogP contribution in [0.5, 0.6) is 0 Å². The van der Waals surface area contributed by atoms with Crippen molar-refractivity contribution in [1.29, 1.82) is 0 Å². The Balaban J connectivity index is 2.74. The third-order valence-electron chi connectivity index (χ3n) is 2.24. The first-order chi connectivity index (χ1) is 5.40. The molecule has 12 heavy (non-hydrogen) atoms. The maximum absolute atomic E-state index is 10.9. The minimum atomic E-state index is -0.111. The third kappa shape index (κ3) is 1.46. The molecule has 0 aliphatic carbocycles. The standard InChI is InChI=1S/C9H17NO2/c1-8(2,3)10(7-11)9(4)5-12-6-9/h7H,5-6H2,1-4H3. The van der Waals surface area contributed by atoms with Crippen LogP contribution in [-0.2, 0) is 9.53 Å². The molecule has 3 nitrogen and oxygen atoms in total. The molecule has 70 valence electrons. The van der Waals surface area contributed by atoms with E-state index in [1.807, 2.05) is 25.7 Å². The van der Waals surface area contributed by atoms with Crippen LogP contribution in [-0.4, -0.2) is 35.6 Å². The smallest absolute Gasteiger partial charge is 0.210 e. The molecule has 1 aliphatic heterocycles. The fourth-order valence-corrected chi connectivity index (χ4v) is 1.63. The van der Waals surface area contributed by atoms with Crippen molar-refractivity contribution in [2.75, 3.05) is 13.2 Å². The Bertz CT molecular complexity index is 179. The van der Waals surface area contributed by atoms with Gasteiger partial charge in [-0.15, -0.1) is 0 Å². The van der Waals surface area contributed by atoms with Gasteiger partial charge in [-0.05, 0) is 27.7 Å². The van der Waals surface area contributed by atoms with Gasteiger partial charge in [-0.3, -0.25) is 4.79 Å². The summed E-state index contributed by atoms with van der Waals surface area (Å²) < 4.78 is 5.12. The van der Waals surface area contributed by atoms with Crippen LogP contribution in [0.15, 0.2) is 0 Å². The van der Waals surface area contributed by atoms with Crippen LogP contribution < -0.4 is 0 Å². The molecule has 0 aromatic carbocycles. The minimum absolute atomic E-state index is 0.0833. The van der Waals surface area contributed by atoms with Crippen molar-refractivity contribution in [3.05, 3.63) is 0 Å². The zero-order valence-corrected chi connectivity index (χ0v) is 8.26. The lowest BCUT2D eigenvalue weighted by molar-refractivity contribution is -0.167. The van der Waals surface area contributed by atoms with Crippen molar-refractivity contribution in [2.45, 2.75) is 38.8 Å². The Morgan fingerprint density at radius 3 is 2.00 bits per heavy atom. The van der Waals surface area contributed by atoms with Crippen LogP contribution >= 0.6 is 0 Å². The molecule has 0 unspecified atom stereocenters. The van der Waals surface area contributed by atoms with Crippen molar-refractivity contribution >= 4 is 6.41 Å². The number of amides is 1. The van der Waals surface area contributed by atoms with Crippen LogP contribution in [0.25, 0.3) is 0 Å². The molecule has 0 radical (unpaired) electrons. The lowest BCUT2D eigenvalue weighted by Gasteiger charge is -2.51. The maximum Gasteiger partial charge on any atom is 0.210 e. The predicted octanol–water partition coefficient (Wildman–Crippen LogP) is 1.03. The third-order valence-corrected chi connectivity index (χ3v) is 2.24. The number of rotatable bonds is 2. The summed E-state index contributed by atoms with van der Waals surface area (Å²) in [6, 6.07) is 0. The van der Waals surface area contributed by atoms with Crippen molar-refractivity contribution in [1.82, 2.24) is 4.90 Å². The zero-order valence-electron chi connectivity index (χ0n) is 8.26. The second-order valence-electron chi connectivity index (χ2n) is 4.64. The summed E-state index contributed by atoms with van der Waals surface area (Å²) >= 11 is 0. The Kier molecular flexibility index (Phi) is 2.17. The van der Waals surface area contributed by atoms with Crippen LogP contribution in [0.1, 0.15) is 27.7 Å². The topological polar surface area (TPSA) is 29.5 Å². The summed E-state index contributed by atoms with van der Waals surface area (Å²) in [5.41, 5.74) is -0.194. The fourth-order valence-electron chi connectivity index (χ4n) is 1.63. The molecule has 0 aromatic rings. The molecule has 0 N–H and O–H groups in total. The van der Waals surface area contributed by atoms with Gasteiger partial charge in [-0.25, -0.2) is 0 Å². The second kappa shape index (κ2) is 2.73. The quantitative estimate of drug-likeness (QED) is 0.581. The molecule has 0 bridgehead atoms. The van der Waals surface area contributed by atoms with E-state index >= 15 is 0 Å². The summed E-state index contributed by atoms with van der Waals surface area (Å²) in [4.78, 5) is 12.7. The van der Waals surface area contributed by atoms with Gasteiger partial charge in [0.2, 0.25) is 6.41 Å². The summed E-state index contributed by atoms with van der Waals surface area (Å²) in [7, 11) is 0. The SMILES string of the molecule is CC(C)(C)N(C=O)C1(C)COC1. The van der Waals surface area contributed by atoms with Crippen molar-refractivity contribution in [3.63, 3.8) is 0 Å². The van der Waals surface area contributed by atoms with Crippen LogP contribution in [0.3, 0.4) is 0 Å². The van der Waals surface area contributed by atoms with Gasteiger partial charge in [0, 0.05) is 5.54 Å². The van der Waals surface area contributed by atoms with Crippen LogP contribution in [0.2, 0.25) is 0 Å². The second-order valence-corrected chi connectivity index (χ2v) is 4.64. The van der Waals surface area contributed by atoms with Gasteiger partial charge in [0.25, 0.3) is 0 Å². The van der Waals surface area contributed by atoms with Crippen molar-refractivity contribution < 1.29 is 9.53 Å². The fraction of sp³-hybridized carbons (Fsp3) is 0.889. The van der Waals surface area contributed by atoms with Gasteiger partial charge in [0.15, 0.2) is 0 Å². The molecule has 1 saturated heterocycles. The van der Waals surface area contributed by atoms with E-state index in [-0.39, 0.29) is 11.1 Å². The van der Waals surface area contributed by atoms with Gasteiger partial charge >= 0.3 is 0 Å². The first kappa shape index (κ1) is 9.52. The highest BCUT2D eigenvalue weighted by Gasteiger charge is 2.43. The lowest BCUT2D eigenvalue weighted by atomic mass is 9.92. The molecule has 0 atom stereocenters. The maximum atomic E-state index is 10.9. The summed E-state index contributed by atoms with van der Waals surface area (Å²) in [6.07, 6.45) is 0.919. The average Bonchev–Trinajstić information content (AvgIpc) is 1.82. The highest BCUT2D eigenvalue weighted by molar-refractivity contribution is 5.51. The Labute approximate surface area is 73.7 Å². The number of hydrogen-bond donors (Lipinski definition) is 0. The van der Waals surface area contributed by atoms with Gasteiger partial charge in [0.05, 0.1) is 18.8 Å². The first-order valence-corrected chi connectivity index (χ1v) is 4.23. The predicted molar refractivity (Wildman–Crippen MR) is 46.9 cm³/mol. The molecule has 1 amide bonds. The van der Waals surface area contributed by atoms with E-state index in [1.54, 1.807) is 0 Å². The van der Waals surface area contributed by atoms with Crippen molar-refractivity contribution in [2.24, 2.45) is 0 Å². The van der Waals surface area contributed by atoms with Gasteiger partial charge in [0.1, 0.15) is 0 Å². The van der Waals surface area contributed by atoms with E-state index in [9.17, 15) is 4.79 Å². The van der Waals surface area contributed by atoms with E-state index in [2.05, 4.69) is 6.92 Å². The molecule has 3 heteroatoms. The first-order valence-electron chi connectivity index (χ1n) is 4.23. The average molecular weight is 171 g/mol. The van der Waals surface area contributed by atoms with E-state index in [0.29, 0.717) is 13.2 Å². The summed E-state index contributed by atoms with van der Waals surface area (Å²) in [5.74, 6) is 0. The monoisotopic (exact) mass is 171 g/mol. The summed E-state index contributed by atoms with van der Waals surface area (Å²) in [5, 5.41) is 0. The minimum Gasteiger partial charge on any atom is -0.376 e. The molecular weight excluding hydrogens is 154 g/mol. The van der Waals surface area contributed by atoms with Crippen LogP contribution in [0.4, 0.5) is 0 Å². The molecule has 1 rings (SSSR count). The number of carbonyl (C=O) groups excluding carboxylic acids is 1. The molecular formula is C9H17NO2. The molecule has 0 aromatic heterocycles.